The molecule has 1 aliphatic heterocycles. The van der Waals surface area contributed by atoms with Crippen molar-refractivity contribution < 1.29 is 14.3 Å². The van der Waals surface area contributed by atoms with Gasteiger partial charge in [0.05, 0.1) is 15.6 Å². The Morgan fingerprint density at radius 2 is 1.70 bits per heavy atom. The van der Waals surface area contributed by atoms with Gasteiger partial charge in [-0.1, -0.05) is 41.4 Å². The topological polar surface area (TPSA) is 102 Å². The van der Waals surface area contributed by atoms with Gasteiger partial charge in [0, 0.05) is 38.0 Å². The van der Waals surface area contributed by atoms with Crippen molar-refractivity contribution in [1.29, 1.82) is 0 Å². The Morgan fingerprint density at radius 3 is 2.38 bits per heavy atom. The molecule has 2 heterocycles. The van der Waals surface area contributed by atoms with Crippen molar-refractivity contribution in [3.05, 3.63) is 64.4 Å². The lowest BCUT2D eigenvalue weighted by atomic mass is 9.84. The number of carbonyl (C=O) groups excluding carboxylic acids is 2. The molecular weight excluding hydrogens is 513 g/mol. The fourth-order valence-corrected chi connectivity index (χ4v) is 4.78. The summed E-state index contributed by atoms with van der Waals surface area (Å²) in [6.45, 7) is 7.45. The van der Waals surface area contributed by atoms with Crippen LogP contribution in [0.1, 0.15) is 39.2 Å². The van der Waals surface area contributed by atoms with Crippen molar-refractivity contribution in [3.8, 4) is 0 Å². The molecule has 1 aliphatic rings. The Hall–Kier alpha value is -2.94. The number of nitrogens with two attached hydrogens (primary N) is 1. The number of nitrogens with zero attached hydrogens (tertiary/aromatic N) is 4. The molecule has 0 radical (unpaired) electrons. The normalized spacial score (nSPS) is 15.9. The van der Waals surface area contributed by atoms with Crippen LogP contribution in [0.25, 0.3) is 10.9 Å². The average molecular weight is 544 g/mol. The zero-order valence-corrected chi connectivity index (χ0v) is 22.7. The number of hydrogen-bond acceptors (Lipinski definition) is 7. The quantitative estimate of drug-likeness (QED) is 0.454. The summed E-state index contributed by atoms with van der Waals surface area (Å²) < 4.78 is 5.45. The molecule has 4 rings (SSSR count). The molecule has 0 bridgehead atoms. The minimum atomic E-state index is -1.48. The highest BCUT2D eigenvalue weighted by atomic mass is 35.5. The van der Waals surface area contributed by atoms with Crippen LogP contribution in [0.3, 0.4) is 0 Å². The molecule has 8 nitrogen and oxygen atoms in total. The maximum Gasteiger partial charge on any atom is 0.306 e. The van der Waals surface area contributed by atoms with Crippen LogP contribution in [-0.2, 0) is 19.9 Å². The van der Waals surface area contributed by atoms with Crippen molar-refractivity contribution in [1.82, 2.24) is 14.9 Å². The third-order valence-electron chi connectivity index (χ3n) is 6.35. The van der Waals surface area contributed by atoms with Crippen LogP contribution in [0.15, 0.2) is 48.8 Å². The van der Waals surface area contributed by atoms with Crippen molar-refractivity contribution in [2.24, 2.45) is 5.73 Å². The molecule has 196 valence electrons. The van der Waals surface area contributed by atoms with Gasteiger partial charge in [0.25, 0.3) is 0 Å². The molecule has 1 saturated heterocycles. The van der Waals surface area contributed by atoms with Gasteiger partial charge >= 0.3 is 5.97 Å². The molecule has 1 atom stereocenters. The molecule has 10 heteroatoms. The summed E-state index contributed by atoms with van der Waals surface area (Å²) in [5.74, 6) is 0.142. The lowest BCUT2D eigenvalue weighted by Gasteiger charge is -2.40. The molecule has 3 aromatic rings. The Kier molecular flexibility index (Phi) is 7.92. The van der Waals surface area contributed by atoms with E-state index in [1.54, 1.807) is 50.2 Å². The lowest BCUT2D eigenvalue weighted by molar-refractivity contribution is -0.155. The third-order valence-corrected chi connectivity index (χ3v) is 7.09. The first-order chi connectivity index (χ1) is 17.5. The number of anilines is 1. The molecule has 0 aliphatic carbocycles. The van der Waals surface area contributed by atoms with Gasteiger partial charge < -0.3 is 20.3 Å². The SMILES string of the molecule is CC(C)(C)OC(=O)CCC(N)(C(=O)N1CCN(c2ncnc3ccccc23)CC1)c1ccc(Cl)c(Cl)c1. The average Bonchev–Trinajstić information content (AvgIpc) is 2.87. The van der Waals surface area contributed by atoms with Crippen LogP contribution < -0.4 is 10.6 Å². The van der Waals surface area contributed by atoms with Gasteiger partial charge in [-0.05, 0) is 57.0 Å². The molecule has 0 saturated carbocycles. The monoisotopic (exact) mass is 543 g/mol. The Morgan fingerprint density at radius 1 is 1.00 bits per heavy atom. The number of amides is 1. The summed E-state index contributed by atoms with van der Waals surface area (Å²) in [5, 5.41) is 1.61. The number of hydrogen-bond donors (Lipinski definition) is 1. The van der Waals surface area contributed by atoms with Crippen molar-refractivity contribution >= 4 is 51.8 Å². The molecule has 1 unspecified atom stereocenters. The Labute approximate surface area is 226 Å². The van der Waals surface area contributed by atoms with E-state index in [4.69, 9.17) is 33.7 Å². The van der Waals surface area contributed by atoms with E-state index in [0.29, 0.717) is 41.8 Å². The molecule has 0 spiro atoms. The van der Waals surface area contributed by atoms with E-state index in [0.717, 1.165) is 16.7 Å². The lowest BCUT2D eigenvalue weighted by Crippen LogP contribution is -2.58. The summed E-state index contributed by atoms with van der Waals surface area (Å²) in [4.78, 5) is 39.1. The predicted octanol–water partition coefficient (Wildman–Crippen LogP) is 4.56. The van der Waals surface area contributed by atoms with Gasteiger partial charge in [0.1, 0.15) is 23.3 Å². The number of para-hydroxylation sites is 1. The maximum absolute atomic E-state index is 13.9. The van der Waals surface area contributed by atoms with Crippen molar-refractivity contribution in [2.75, 3.05) is 31.1 Å². The highest BCUT2D eigenvalue weighted by Crippen LogP contribution is 2.33. The summed E-state index contributed by atoms with van der Waals surface area (Å²) in [5.41, 5.74) is 6.07. The molecule has 1 aromatic heterocycles. The van der Waals surface area contributed by atoms with E-state index < -0.39 is 17.1 Å². The van der Waals surface area contributed by atoms with Gasteiger partial charge in [-0.2, -0.15) is 0 Å². The molecule has 1 fully saturated rings. The van der Waals surface area contributed by atoms with Gasteiger partial charge in [-0.25, -0.2) is 9.97 Å². The van der Waals surface area contributed by atoms with Crippen LogP contribution >= 0.6 is 23.2 Å². The summed E-state index contributed by atoms with van der Waals surface area (Å²) in [6, 6.07) is 12.7. The summed E-state index contributed by atoms with van der Waals surface area (Å²) in [7, 11) is 0. The molecule has 2 aromatic carbocycles. The number of benzene rings is 2. The number of fused-ring (bicyclic) bond motifs is 1. The van der Waals surface area contributed by atoms with E-state index in [1.807, 2.05) is 24.3 Å². The van der Waals surface area contributed by atoms with Crippen molar-refractivity contribution in [3.63, 3.8) is 0 Å². The van der Waals surface area contributed by atoms with E-state index in [2.05, 4.69) is 14.9 Å². The van der Waals surface area contributed by atoms with Crippen LogP contribution in [0.5, 0.6) is 0 Å². The van der Waals surface area contributed by atoms with E-state index in [-0.39, 0.29) is 18.7 Å². The van der Waals surface area contributed by atoms with Gasteiger partial charge in [-0.3, -0.25) is 9.59 Å². The van der Waals surface area contributed by atoms with E-state index >= 15 is 0 Å². The van der Waals surface area contributed by atoms with Crippen LogP contribution in [0.2, 0.25) is 10.0 Å². The minimum absolute atomic E-state index is 0.0212. The summed E-state index contributed by atoms with van der Waals surface area (Å²) in [6.07, 6.45) is 1.60. The second-order valence-corrected chi connectivity index (χ2v) is 11.0. The van der Waals surface area contributed by atoms with E-state index in [9.17, 15) is 9.59 Å². The number of aromatic nitrogens is 2. The van der Waals surface area contributed by atoms with Crippen molar-refractivity contribution in [2.45, 2.75) is 44.8 Å². The number of esters is 1. The van der Waals surface area contributed by atoms with E-state index in [1.165, 1.54) is 0 Å². The highest BCUT2D eigenvalue weighted by molar-refractivity contribution is 6.42. The first kappa shape index (κ1) is 27.1. The molecule has 1 amide bonds. The van der Waals surface area contributed by atoms with Gasteiger partial charge in [0.2, 0.25) is 5.91 Å². The fourth-order valence-electron chi connectivity index (χ4n) is 4.49. The zero-order chi connectivity index (χ0) is 26.8. The molecule has 2 N–H and O–H groups in total. The van der Waals surface area contributed by atoms with Crippen LogP contribution in [-0.4, -0.2) is 58.5 Å². The Balaban J connectivity index is 1.54. The first-order valence-corrected chi connectivity index (χ1v) is 12.9. The minimum Gasteiger partial charge on any atom is -0.460 e. The number of carbonyl (C=O) groups is 2. The second kappa shape index (κ2) is 10.8. The van der Waals surface area contributed by atoms with Crippen LogP contribution in [0.4, 0.5) is 5.82 Å². The number of piperazine rings is 1. The Bertz CT molecular complexity index is 1300. The molecular formula is C27H31Cl2N5O3. The predicted molar refractivity (Wildman–Crippen MR) is 146 cm³/mol. The zero-order valence-electron chi connectivity index (χ0n) is 21.2. The third kappa shape index (κ3) is 6.14. The maximum atomic E-state index is 13.9. The largest absolute Gasteiger partial charge is 0.460 e. The highest BCUT2D eigenvalue weighted by Gasteiger charge is 2.41. The smallest absolute Gasteiger partial charge is 0.306 e. The molecule has 37 heavy (non-hydrogen) atoms. The summed E-state index contributed by atoms with van der Waals surface area (Å²) >= 11 is 12.4. The second-order valence-electron chi connectivity index (χ2n) is 10.2. The number of halogens is 2. The van der Waals surface area contributed by atoms with Gasteiger partial charge in [0.15, 0.2) is 0 Å². The number of rotatable bonds is 6. The van der Waals surface area contributed by atoms with Gasteiger partial charge in [-0.15, -0.1) is 0 Å². The fraction of sp³-hybridized carbons (Fsp3) is 0.407. The number of ether oxygens (including phenoxy) is 1. The standard InChI is InChI=1S/C27H31Cl2N5O3/c1-26(2,3)37-23(35)10-11-27(30,18-8-9-20(28)21(29)16-18)25(36)34-14-12-33(13-15-34)24-19-6-4-5-7-22(19)31-17-32-24/h4-9,16-17H,10-15,30H2,1-3H3. The van der Waals surface area contributed by atoms with Crippen LogP contribution in [0, 0.1) is 0 Å². The first-order valence-electron chi connectivity index (χ1n) is 12.2.